The van der Waals surface area contributed by atoms with Gasteiger partial charge in [0.2, 0.25) is 11.8 Å². The second-order valence-electron chi connectivity index (χ2n) is 6.22. The molecule has 2 aliphatic rings. The molecule has 24 heavy (non-hydrogen) atoms. The molecule has 3 rings (SSSR count). The molecule has 1 aromatic heterocycles. The quantitative estimate of drug-likeness (QED) is 0.755. The maximum absolute atomic E-state index is 12.6. The molecule has 0 radical (unpaired) electrons. The molecule has 9 heteroatoms. The van der Waals surface area contributed by atoms with Crippen molar-refractivity contribution >= 4 is 46.7 Å². The van der Waals surface area contributed by atoms with Gasteiger partial charge in [0, 0.05) is 12.6 Å². The van der Waals surface area contributed by atoms with Crippen LogP contribution in [-0.4, -0.2) is 51.0 Å². The van der Waals surface area contributed by atoms with Crippen molar-refractivity contribution in [1.82, 2.24) is 15.1 Å². The highest BCUT2D eigenvalue weighted by Crippen LogP contribution is 2.36. The molecule has 0 aromatic carbocycles. The Morgan fingerprint density at radius 2 is 1.75 bits per heavy atom. The van der Waals surface area contributed by atoms with Crippen molar-refractivity contribution in [3.05, 3.63) is 0 Å². The SMILES string of the molecule is NC(=O)CSc1nnc(SCC(=O)N2CCC[C@H]3CCCC[C@H]32)s1. The van der Waals surface area contributed by atoms with E-state index in [0.29, 0.717) is 22.1 Å². The second kappa shape index (κ2) is 8.53. The molecule has 1 saturated carbocycles. The number of nitrogens with two attached hydrogens (primary N) is 1. The van der Waals surface area contributed by atoms with Gasteiger partial charge >= 0.3 is 0 Å². The fourth-order valence-corrected chi connectivity index (χ4v) is 6.23. The van der Waals surface area contributed by atoms with Gasteiger partial charge in [0.05, 0.1) is 11.5 Å². The van der Waals surface area contributed by atoms with Crippen LogP contribution in [0.3, 0.4) is 0 Å². The summed E-state index contributed by atoms with van der Waals surface area (Å²) in [5, 5.41) is 8.10. The molecule has 1 aromatic rings. The maximum Gasteiger partial charge on any atom is 0.233 e. The van der Waals surface area contributed by atoms with E-state index in [1.54, 1.807) is 0 Å². The van der Waals surface area contributed by atoms with E-state index in [9.17, 15) is 9.59 Å². The molecule has 1 aliphatic carbocycles. The number of hydrogen-bond donors (Lipinski definition) is 1. The highest BCUT2D eigenvalue weighted by atomic mass is 32.2. The van der Waals surface area contributed by atoms with Gasteiger partial charge in [-0.2, -0.15) is 0 Å². The molecule has 132 valence electrons. The number of carbonyl (C=O) groups excluding carboxylic acids is 2. The minimum Gasteiger partial charge on any atom is -0.369 e. The lowest BCUT2D eigenvalue weighted by molar-refractivity contribution is -0.134. The molecule has 0 unspecified atom stereocenters. The standard InChI is InChI=1S/C15H22N4O2S3/c16-12(20)8-22-14-17-18-15(24-14)23-9-13(21)19-7-3-5-10-4-1-2-6-11(10)19/h10-11H,1-9H2,(H2,16,20)/t10-,11-/m1/s1. The third-order valence-corrected chi connectivity index (χ3v) is 7.81. The van der Waals surface area contributed by atoms with Gasteiger partial charge < -0.3 is 10.6 Å². The number of carbonyl (C=O) groups is 2. The Morgan fingerprint density at radius 1 is 1.08 bits per heavy atom. The van der Waals surface area contributed by atoms with Crippen LogP contribution in [0, 0.1) is 5.92 Å². The van der Waals surface area contributed by atoms with Gasteiger partial charge in [-0.25, -0.2) is 0 Å². The Morgan fingerprint density at radius 3 is 2.50 bits per heavy atom. The first-order valence-corrected chi connectivity index (χ1v) is 11.1. The van der Waals surface area contributed by atoms with Crippen molar-refractivity contribution in [1.29, 1.82) is 0 Å². The van der Waals surface area contributed by atoms with Crippen molar-refractivity contribution in [2.45, 2.75) is 53.2 Å². The summed E-state index contributed by atoms with van der Waals surface area (Å²) >= 11 is 4.14. The summed E-state index contributed by atoms with van der Waals surface area (Å²) in [4.78, 5) is 25.5. The van der Waals surface area contributed by atoms with Crippen LogP contribution in [0.2, 0.25) is 0 Å². The van der Waals surface area contributed by atoms with Crippen LogP contribution in [0.15, 0.2) is 8.68 Å². The molecular weight excluding hydrogens is 364 g/mol. The number of likely N-dealkylation sites (tertiary alicyclic amines) is 1. The number of nitrogens with zero attached hydrogens (tertiary/aromatic N) is 3. The van der Waals surface area contributed by atoms with Crippen LogP contribution in [0.1, 0.15) is 38.5 Å². The summed E-state index contributed by atoms with van der Waals surface area (Å²) in [5.41, 5.74) is 5.12. The number of thioether (sulfide) groups is 2. The van der Waals surface area contributed by atoms with Crippen LogP contribution < -0.4 is 5.73 Å². The molecule has 2 fully saturated rings. The summed E-state index contributed by atoms with van der Waals surface area (Å²) < 4.78 is 1.49. The fraction of sp³-hybridized carbons (Fsp3) is 0.733. The van der Waals surface area contributed by atoms with E-state index in [-0.39, 0.29) is 17.6 Å². The zero-order valence-corrected chi connectivity index (χ0v) is 15.9. The average molecular weight is 387 g/mol. The van der Waals surface area contributed by atoms with E-state index in [2.05, 4.69) is 15.1 Å². The van der Waals surface area contributed by atoms with Gasteiger partial charge in [-0.1, -0.05) is 47.7 Å². The Bertz CT molecular complexity index is 593. The first-order chi connectivity index (χ1) is 11.6. The largest absolute Gasteiger partial charge is 0.369 e. The van der Waals surface area contributed by atoms with Crippen LogP contribution in [-0.2, 0) is 9.59 Å². The number of primary amides is 1. The van der Waals surface area contributed by atoms with E-state index >= 15 is 0 Å². The third kappa shape index (κ3) is 4.64. The Labute approximate surface area is 154 Å². The van der Waals surface area contributed by atoms with Gasteiger partial charge in [-0.05, 0) is 31.6 Å². The lowest BCUT2D eigenvalue weighted by atomic mass is 9.78. The summed E-state index contributed by atoms with van der Waals surface area (Å²) in [6.07, 6.45) is 7.40. The van der Waals surface area contributed by atoms with Gasteiger partial charge in [-0.3, -0.25) is 9.59 Å². The first-order valence-electron chi connectivity index (χ1n) is 8.30. The van der Waals surface area contributed by atoms with E-state index in [1.165, 1.54) is 60.5 Å². The van der Waals surface area contributed by atoms with Gasteiger partial charge in [0.1, 0.15) is 0 Å². The minimum absolute atomic E-state index is 0.203. The Kier molecular flexibility index (Phi) is 6.40. The molecule has 2 amide bonds. The smallest absolute Gasteiger partial charge is 0.233 e. The monoisotopic (exact) mass is 386 g/mol. The van der Waals surface area contributed by atoms with Crippen molar-refractivity contribution in [2.24, 2.45) is 11.7 Å². The molecule has 1 saturated heterocycles. The van der Waals surface area contributed by atoms with Gasteiger partial charge in [-0.15, -0.1) is 10.2 Å². The summed E-state index contributed by atoms with van der Waals surface area (Å²) in [7, 11) is 0. The normalized spacial score (nSPS) is 23.8. The van der Waals surface area contributed by atoms with Crippen molar-refractivity contribution in [3.63, 3.8) is 0 Å². The Hall–Kier alpha value is -0.800. The predicted octanol–water partition coefficient (Wildman–Crippen LogP) is 2.39. The van der Waals surface area contributed by atoms with Crippen molar-refractivity contribution < 1.29 is 9.59 Å². The molecule has 0 spiro atoms. The zero-order chi connectivity index (χ0) is 16.9. The molecule has 2 atom stereocenters. The molecule has 2 N–H and O–H groups in total. The topological polar surface area (TPSA) is 89.2 Å². The lowest BCUT2D eigenvalue weighted by Crippen LogP contribution is -2.50. The van der Waals surface area contributed by atoms with Crippen LogP contribution in [0.25, 0.3) is 0 Å². The minimum atomic E-state index is -0.369. The lowest BCUT2D eigenvalue weighted by Gasteiger charge is -2.44. The van der Waals surface area contributed by atoms with Crippen molar-refractivity contribution in [3.8, 4) is 0 Å². The molecule has 1 aliphatic heterocycles. The predicted molar refractivity (Wildman–Crippen MR) is 97.2 cm³/mol. The third-order valence-electron chi connectivity index (χ3n) is 4.61. The van der Waals surface area contributed by atoms with E-state index in [4.69, 9.17) is 5.73 Å². The number of rotatable bonds is 6. The zero-order valence-electron chi connectivity index (χ0n) is 13.5. The van der Waals surface area contributed by atoms with Gasteiger partial charge in [0.25, 0.3) is 0 Å². The van der Waals surface area contributed by atoms with E-state index < -0.39 is 0 Å². The number of aromatic nitrogens is 2. The van der Waals surface area contributed by atoms with Crippen LogP contribution >= 0.6 is 34.9 Å². The van der Waals surface area contributed by atoms with Crippen LogP contribution in [0.4, 0.5) is 0 Å². The van der Waals surface area contributed by atoms with Crippen molar-refractivity contribution in [2.75, 3.05) is 18.1 Å². The summed E-state index contributed by atoms with van der Waals surface area (Å²) in [6.45, 7) is 0.899. The molecule has 2 heterocycles. The average Bonchev–Trinajstić information content (AvgIpc) is 3.05. The Balaban J connectivity index is 1.50. The fourth-order valence-electron chi connectivity index (χ4n) is 3.59. The maximum atomic E-state index is 12.6. The summed E-state index contributed by atoms with van der Waals surface area (Å²) in [5.74, 6) is 1.18. The number of amides is 2. The molecular formula is C15H22N4O2S3. The molecule has 0 bridgehead atoms. The van der Waals surface area contributed by atoms with E-state index in [0.717, 1.165) is 23.7 Å². The second-order valence-corrected chi connectivity index (χ2v) is 9.64. The van der Waals surface area contributed by atoms with E-state index in [1.807, 2.05) is 0 Å². The highest BCUT2D eigenvalue weighted by Gasteiger charge is 2.35. The first kappa shape index (κ1) is 18.0. The highest BCUT2D eigenvalue weighted by molar-refractivity contribution is 8.03. The van der Waals surface area contributed by atoms with Crippen LogP contribution in [0.5, 0.6) is 0 Å². The van der Waals surface area contributed by atoms with Gasteiger partial charge in [0.15, 0.2) is 8.68 Å². The summed E-state index contributed by atoms with van der Waals surface area (Å²) in [6, 6.07) is 0.455. The number of fused-ring (bicyclic) bond motifs is 1. The molecule has 6 nitrogen and oxygen atoms in total. The number of hydrogen-bond acceptors (Lipinski definition) is 7. The number of piperidine rings is 1.